The fraction of sp³-hybridized carbons (Fsp3) is 0.440. The van der Waals surface area contributed by atoms with Gasteiger partial charge in [0.05, 0.1) is 17.5 Å². The Hall–Kier alpha value is -3.46. The summed E-state index contributed by atoms with van der Waals surface area (Å²) < 4.78 is 5.36. The number of aromatic nitrogens is 2. The molecule has 180 valence electrons. The van der Waals surface area contributed by atoms with Gasteiger partial charge in [-0.2, -0.15) is 4.98 Å². The van der Waals surface area contributed by atoms with Crippen molar-refractivity contribution in [1.82, 2.24) is 15.3 Å². The zero-order chi connectivity index (χ0) is 24.1. The zero-order valence-corrected chi connectivity index (χ0v) is 20.0. The third-order valence-corrected chi connectivity index (χ3v) is 6.41. The molecule has 0 atom stereocenters. The van der Waals surface area contributed by atoms with Crippen LogP contribution in [-0.2, 0) is 6.54 Å². The number of methoxy groups -OCH3 is 1. The maximum Gasteiger partial charge on any atom is 0.270 e. The average Bonchev–Trinajstić information content (AvgIpc) is 2.84. The molecule has 1 aromatic heterocycles. The third-order valence-electron chi connectivity index (χ3n) is 6.41. The number of nitro benzene ring substituents is 1. The van der Waals surface area contributed by atoms with Crippen LogP contribution in [0.3, 0.4) is 0 Å². The highest BCUT2D eigenvalue weighted by Gasteiger charge is 2.22. The van der Waals surface area contributed by atoms with E-state index in [1.807, 2.05) is 37.2 Å². The fourth-order valence-electron chi connectivity index (χ4n) is 4.59. The van der Waals surface area contributed by atoms with Gasteiger partial charge in [0.1, 0.15) is 11.6 Å². The van der Waals surface area contributed by atoms with Gasteiger partial charge in [0, 0.05) is 49.8 Å². The molecule has 0 saturated heterocycles. The minimum atomic E-state index is -0.377. The molecule has 1 aliphatic carbocycles. The number of nitro groups is 1. The van der Waals surface area contributed by atoms with Gasteiger partial charge < -0.3 is 20.3 Å². The lowest BCUT2D eigenvalue weighted by atomic mass is 9.86. The molecule has 9 nitrogen and oxygen atoms in total. The van der Waals surface area contributed by atoms with Gasteiger partial charge in [-0.1, -0.05) is 12.1 Å². The molecule has 0 amide bonds. The Morgan fingerprint density at radius 3 is 2.59 bits per heavy atom. The molecule has 9 heteroatoms. The largest absolute Gasteiger partial charge is 0.496 e. The summed E-state index contributed by atoms with van der Waals surface area (Å²) in [5.74, 6) is 2.83. The van der Waals surface area contributed by atoms with Crippen LogP contribution in [0.1, 0.15) is 31.2 Å². The van der Waals surface area contributed by atoms with Gasteiger partial charge in [-0.3, -0.25) is 10.1 Å². The van der Waals surface area contributed by atoms with Gasteiger partial charge in [-0.25, -0.2) is 4.98 Å². The van der Waals surface area contributed by atoms with Crippen molar-refractivity contribution < 1.29 is 9.66 Å². The smallest absolute Gasteiger partial charge is 0.270 e. The molecule has 0 bridgehead atoms. The van der Waals surface area contributed by atoms with Crippen molar-refractivity contribution in [3.63, 3.8) is 0 Å². The Balaban J connectivity index is 1.30. The van der Waals surface area contributed by atoms with E-state index in [9.17, 15) is 10.1 Å². The highest BCUT2D eigenvalue weighted by molar-refractivity contribution is 5.90. The molecule has 0 spiro atoms. The molecule has 1 saturated carbocycles. The monoisotopic (exact) mass is 464 g/mol. The summed E-state index contributed by atoms with van der Waals surface area (Å²) in [6.07, 6.45) is 4.32. The van der Waals surface area contributed by atoms with Crippen LogP contribution in [0, 0.1) is 16.0 Å². The molecule has 0 radical (unpaired) electrons. The Morgan fingerprint density at radius 2 is 1.88 bits per heavy atom. The van der Waals surface area contributed by atoms with E-state index >= 15 is 0 Å². The lowest BCUT2D eigenvalue weighted by Gasteiger charge is -2.29. The predicted molar refractivity (Wildman–Crippen MR) is 135 cm³/mol. The van der Waals surface area contributed by atoms with E-state index in [0.717, 1.165) is 54.5 Å². The molecule has 3 aromatic rings. The molecule has 4 rings (SSSR count). The second kappa shape index (κ2) is 10.6. The van der Waals surface area contributed by atoms with Crippen molar-refractivity contribution in [2.45, 2.75) is 38.3 Å². The van der Waals surface area contributed by atoms with Crippen LogP contribution < -0.4 is 20.3 Å². The number of nitrogens with zero attached hydrogens (tertiary/aromatic N) is 4. The van der Waals surface area contributed by atoms with Crippen LogP contribution in [0.15, 0.2) is 42.5 Å². The van der Waals surface area contributed by atoms with Gasteiger partial charge in [-0.05, 0) is 56.3 Å². The lowest BCUT2D eigenvalue weighted by Crippen LogP contribution is -2.31. The van der Waals surface area contributed by atoms with Crippen molar-refractivity contribution in [1.29, 1.82) is 0 Å². The Morgan fingerprint density at radius 1 is 1.12 bits per heavy atom. The first kappa shape index (κ1) is 23.7. The van der Waals surface area contributed by atoms with Crippen LogP contribution in [-0.4, -0.2) is 48.7 Å². The number of benzene rings is 2. The van der Waals surface area contributed by atoms with E-state index in [0.29, 0.717) is 30.2 Å². The quantitative estimate of drug-likeness (QED) is 0.355. The van der Waals surface area contributed by atoms with Gasteiger partial charge >= 0.3 is 0 Å². The van der Waals surface area contributed by atoms with Crippen molar-refractivity contribution in [3.05, 3.63) is 58.1 Å². The van der Waals surface area contributed by atoms with Gasteiger partial charge in [0.25, 0.3) is 5.69 Å². The van der Waals surface area contributed by atoms with E-state index < -0.39 is 0 Å². The Labute approximate surface area is 199 Å². The minimum Gasteiger partial charge on any atom is -0.496 e. The summed E-state index contributed by atoms with van der Waals surface area (Å²) in [5.41, 5.74) is 1.83. The van der Waals surface area contributed by atoms with E-state index in [1.165, 1.54) is 6.07 Å². The highest BCUT2D eigenvalue weighted by Crippen LogP contribution is 2.29. The van der Waals surface area contributed by atoms with Crippen molar-refractivity contribution in [2.24, 2.45) is 5.92 Å². The summed E-state index contributed by atoms with van der Waals surface area (Å²) in [6.45, 7) is 1.41. The van der Waals surface area contributed by atoms with Crippen LogP contribution in [0.2, 0.25) is 0 Å². The first-order valence-electron chi connectivity index (χ1n) is 11.7. The summed E-state index contributed by atoms with van der Waals surface area (Å²) >= 11 is 0. The van der Waals surface area contributed by atoms with Crippen LogP contribution >= 0.6 is 0 Å². The molecule has 2 aromatic carbocycles. The number of hydrogen-bond acceptors (Lipinski definition) is 8. The lowest BCUT2D eigenvalue weighted by molar-refractivity contribution is -0.384. The average molecular weight is 465 g/mol. The highest BCUT2D eigenvalue weighted by atomic mass is 16.6. The number of hydrogen-bond donors (Lipinski definition) is 2. The van der Waals surface area contributed by atoms with E-state index in [1.54, 1.807) is 19.2 Å². The maximum absolute atomic E-state index is 11.1. The molecule has 0 unspecified atom stereocenters. The second-order valence-corrected chi connectivity index (χ2v) is 9.03. The number of fused-ring (bicyclic) bond motifs is 1. The topological polar surface area (TPSA) is 105 Å². The van der Waals surface area contributed by atoms with Gasteiger partial charge in [-0.15, -0.1) is 0 Å². The van der Waals surface area contributed by atoms with Crippen LogP contribution in [0.25, 0.3) is 10.9 Å². The molecular formula is C25H32N6O3. The van der Waals surface area contributed by atoms with Crippen LogP contribution in [0.5, 0.6) is 5.75 Å². The summed E-state index contributed by atoms with van der Waals surface area (Å²) in [7, 11) is 5.58. The number of anilines is 2. The van der Waals surface area contributed by atoms with Gasteiger partial charge in [0.15, 0.2) is 0 Å². The first-order chi connectivity index (χ1) is 16.4. The predicted octanol–water partition coefficient (Wildman–Crippen LogP) is 4.37. The van der Waals surface area contributed by atoms with Crippen molar-refractivity contribution >= 4 is 28.4 Å². The minimum absolute atomic E-state index is 0.0810. The first-order valence-corrected chi connectivity index (χ1v) is 11.7. The van der Waals surface area contributed by atoms with Crippen molar-refractivity contribution in [2.75, 3.05) is 38.0 Å². The standard InChI is InChI=1S/C25H32N6O3/c1-30(2)24-21-6-4-5-7-22(21)28-25(29-24)27-19-10-8-17(9-11-19)15-26-16-18-14-20(31(32)33)12-13-23(18)34-3/h4-7,12-14,17,19,26H,8-11,15-16H2,1-3H3,(H,27,28,29)/t17-,19+. The molecule has 34 heavy (non-hydrogen) atoms. The van der Waals surface area contributed by atoms with E-state index in [-0.39, 0.29) is 10.6 Å². The third kappa shape index (κ3) is 5.53. The maximum atomic E-state index is 11.1. The Kier molecular flexibility index (Phi) is 7.42. The number of para-hydroxylation sites is 1. The molecule has 2 N–H and O–H groups in total. The number of rotatable bonds is 9. The van der Waals surface area contributed by atoms with Crippen molar-refractivity contribution in [3.8, 4) is 5.75 Å². The van der Waals surface area contributed by atoms with Gasteiger partial charge in [0.2, 0.25) is 5.95 Å². The molecular weight excluding hydrogens is 432 g/mol. The van der Waals surface area contributed by atoms with Crippen LogP contribution in [0.4, 0.5) is 17.5 Å². The summed E-state index contributed by atoms with van der Waals surface area (Å²) in [5, 5.41) is 19.1. The molecule has 1 aliphatic rings. The SMILES string of the molecule is COc1ccc([N+](=O)[O-])cc1CNC[C@H]1CC[C@@H](Nc2nc(N(C)C)c3ccccc3n2)CC1. The molecule has 1 heterocycles. The molecule has 1 fully saturated rings. The molecule has 0 aliphatic heterocycles. The van der Waals surface area contributed by atoms with E-state index in [4.69, 9.17) is 14.7 Å². The van der Waals surface area contributed by atoms with E-state index in [2.05, 4.69) is 16.7 Å². The summed E-state index contributed by atoms with van der Waals surface area (Å²) in [6, 6.07) is 13.1. The number of non-ortho nitro benzene ring substituents is 1. The fourth-order valence-corrected chi connectivity index (χ4v) is 4.59. The summed E-state index contributed by atoms with van der Waals surface area (Å²) in [4.78, 5) is 22.2. The Bertz CT molecular complexity index is 1140. The zero-order valence-electron chi connectivity index (χ0n) is 20.0. The number of nitrogens with one attached hydrogen (secondary N) is 2. The second-order valence-electron chi connectivity index (χ2n) is 9.03. The normalized spacial score (nSPS) is 18.0. The number of ether oxygens (including phenoxy) is 1.